The van der Waals surface area contributed by atoms with Crippen molar-refractivity contribution in [3.63, 3.8) is 0 Å². The quantitative estimate of drug-likeness (QED) is 0.142. The predicted octanol–water partition coefficient (Wildman–Crippen LogP) is 6.57. The van der Waals surface area contributed by atoms with Crippen molar-refractivity contribution in [2.45, 2.75) is 23.9 Å². The number of aryl methyl sites for hydroxylation is 1. The van der Waals surface area contributed by atoms with Crippen LogP contribution in [0.4, 0.5) is 0 Å². The van der Waals surface area contributed by atoms with Gasteiger partial charge in [-0.15, -0.1) is 10.2 Å². The average molecular weight is 515 g/mol. The van der Waals surface area contributed by atoms with E-state index in [2.05, 4.69) is 10.2 Å². The molecule has 1 heterocycles. The van der Waals surface area contributed by atoms with Crippen molar-refractivity contribution in [1.82, 2.24) is 14.8 Å². The first-order chi connectivity index (χ1) is 16.4. The third-order valence-corrected chi connectivity index (χ3v) is 6.85. The van der Waals surface area contributed by atoms with E-state index in [1.165, 1.54) is 11.8 Å². The maximum Gasteiger partial charge on any atom is 0.220 e. The summed E-state index contributed by atoms with van der Waals surface area (Å²) in [5, 5.41) is 21.2. The van der Waals surface area contributed by atoms with Crippen LogP contribution >= 0.6 is 35.0 Å². The second-order valence-electron chi connectivity index (χ2n) is 7.41. The summed E-state index contributed by atoms with van der Waals surface area (Å²) in [5.41, 5.74) is 2.50. The lowest BCUT2D eigenvalue weighted by molar-refractivity contribution is -0.479. The van der Waals surface area contributed by atoms with Crippen molar-refractivity contribution in [3.05, 3.63) is 110 Å². The number of rotatable bonds is 9. The van der Waals surface area contributed by atoms with Gasteiger partial charge in [-0.05, 0) is 55.0 Å². The van der Waals surface area contributed by atoms with Crippen molar-refractivity contribution in [2.75, 3.05) is 6.54 Å². The molecular weight excluding hydrogens is 495 g/mol. The van der Waals surface area contributed by atoms with E-state index in [1.807, 2.05) is 60.0 Å². The predicted molar refractivity (Wildman–Crippen MR) is 134 cm³/mol. The van der Waals surface area contributed by atoms with Crippen LogP contribution in [-0.4, -0.2) is 26.2 Å². The van der Waals surface area contributed by atoms with Gasteiger partial charge in [0.1, 0.15) is 23.4 Å². The molecule has 0 N–H and O–H groups in total. The molecule has 10 heteroatoms. The number of nitrogens with zero attached hydrogens (tertiary/aromatic N) is 4. The van der Waals surface area contributed by atoms with Crippen LogP contribution in [0.5, 0.6) is 5.75 Å². The molecule has 0 spiro atoms. The molecule has 4 rings (SSSR count). The summed E-state index contributed by atoms with van der Waals surface area (Å²) < 4.78 is 7.69. The highest BCUT2D eigenvalue weighted by atomic mass is 35.5. The standard InChI is InChI=1S/C24H20Cl2N4O3S/c1-16-27-28-24(30(16)20-10-8-19(25)9-11-20)34-23(14-29(31)32)17-6-12-21(13-7-17)33-15-18-4-2-3-5-22(18)26/h2-13,23H,14-15H2,1H3/t23-/m1/s1. The molecule has 1 aromatic heterocycles. The van der Waals surface area contributed by atoms with E-state index in [9.17, 15) is 10.1 Å². The molecule has 4 aromatic rings. The zero-order valence-corrected chi connectivity index (χ0v) is 20.4. The second kappa shape index (κ2) is 10.9. The molecule has 1 atom stereocenters. The Morgan fingerprint density at radius 3 is 2.41 bits per heavy atom. The van der Waals surface area contributed by atoms with Gasteiger partial charge in [-0.2, -0.15) is 0 Å². The first-order valence-electron chi connectivity index (χ1n) is 10.3. The largest absolute Gasteiger partial charge is 0.489 e. The summed E-state index contributed by atoms with van der Waals surface area (Å²) in [6, 6.07) is 22.0. The molecule has 0 aliphatic rings. The van der Waals surface area contributed by atoms with Gasteiger partial charge < -0.3 is 4.74 Å². The Morgan fingerprint density at radius 1 is 1.03 bits per heavy atom. The lowest BCUT2D eigenvalue weighted by Crippen LogP contribution is -2.11. The van der Waals surface area contributed by atoms with Gasteiger partial charge in [0.2, 0.25) is 6.54 Å². The molecule has 0 bridgehead atoms. The fourth-order valence-corrected chi connectivity index (χ4v) is 4.83. The van der Waals surface area contributed by atoms with Gasteiger partial charge in [0.15, 0.2) is 5.16 Å². The fourth-order valence-electron chi connectivity index (χ4n) is 3.34. The van der Waals surface area contributed by atoms with E-state index in [0.29, 0.717) is 33.4 Å². The van der Waals surface area contributed by atoms with Gasteiger partial charge in [-0.1, -0.05) is 65.3 Å². The minimum absolute atomic E-state index is 0.267. The summed E-state index contributed by atoms with van der Waals surface area (Å²) in [6.45, 7) is 1.89. The third kappa shape index (κ3) is 5.88. The van der Waals surface area contributed by atoms with Gasteiger partial charge in [0.05, 0.1) is 0 Å². The van der Waals surface area contributed by atoms with Gasteiger partial charge in [-0.3, -0.25) is 14.7 Å². The molecule has 0 unspecified atom stereocenters. The smallest absolute Gasteiger partial charge is 0.220 e. The number of hydrogen-bond donors (Lipinski definition) is 0. The second-order valence-corrected chi connectivity index (χ2v) is 9.43. The van der Waals surface area contributed by atoms with Crippen LogP contribution < -0.4 is 4.74 Å². The molecule has 0 saturated heterocycles. The number of ether oxygens (including phenoxy) is 1. The fraction of sp³-hybridized carbons (Fsp3) is 0.167. The lowest BCUT2D eigenvalue weighted by Gasteiger charge is -2.15. The Kier molecular flexibility index (Phi) is 7.72. The highest BCUT2D eigenvalue weighted by Crippen LogP contribution is 2.36. The number of nitro groups is 1. The molecule has 0 aliphatic heterocycles. The summed E-state index contributed by atoms with van der Waals surface area (Å²) in [4.78, 5) is 11.1. The van der Waals surface area contributed by atoms with Crippen molar-refractivity contribution in [1.29, 1.82) is 0 Å². The van der Waals surface area contributed by atoms with Crippen LogP contribution in [0.3, 0.4) is 0 Å². The topological polar surface area (TPSA) is 83.1 Å². The Morgan fingerprint density at radius 2 is 1.74 bits per heavy atom. The summed E-state index contributed by atoms with van der Waals surface area (Å²) >= 11 is 13.5. The van der Waals surface area contributed by atoms with E-state index in [1.54, 1.807) is 24.3 Å². The van der Waals surface area contributed by atoms with Crippen LogP contribution in [0.15, 0.2) is 78.0 Å². The Bertz CT molecular complexity index is 1280. The first-order valence-corrected chi connectivity index (χ1v) is 12.0. The highest BCUT2D eigenvalue weighted by Gasteiger charge is 2.24. The molecule has 7 nitrogen and oxygen atoms in total. The van der Waals surface area contributed by atoms with Crippen molar-refractivity contribution in [2.24, 2.45) is 0 Å². The molecule has 3 aromatic carbocycles. The Labute approximate surface area is 210 Å². The van der Waals surface area contributed by atoms with Crippen LogP contribution in [0.1, 0.15) is 22.2 Å². The van der Waals surface area contributed by atoms with Crippen molar-refractivity contribution in [3.8, 4) is 11.4 Å². The van der Waals surface area contributed by atoms with Crippen LogP contribution in [0.2, 0.25) is 10.0 Å². The summed E-state index contributed by atoms with van der Waals surface area (Å²) in [6.07, 6.45) is 0. The van der Waals surface area contributed by atoms with Crippen molar-refractivity contribution < 1.29 is 9.66 Å². The zero-order chi connectivity index (χ0) is 24.1. The lowest BCUT2D eigenvalue weighted by atomic mass is 10.1. The van der Waals surface area contributed by atoms with Gasteiger partial charge >= 0.3 is 0 Å². The average Bonchev–Trinajstić information content (AvgIpc) is 3.18. The molecule has 34 heavy (non-hydrogen) atoms. The minimum Gasteiger partial charge on any atom is -0.489 e. The number of benzene rings is 3. The monoisotopic (exact) mass is 514 g/mol. The summed E-state index contributed by atoms with van der Waals surface area (Å²) in [5.74, 6) is 1.32. The SMILES string of the molecule is Cc1nnc(S[C@H](C[N+](=O)[O-])c2ccc(OCc3ccccc3Cl)cc2)n1-c1ccc(Cl)cc1. The van der Waals surface area contributed by atoms with E-state index in [0.717, 1.165) is 16.8 Å². The maximum atomic E-state index is 11.4. The van der Waals surface area contributed by atoms with E-state index < -0.39 is 5.25 Å². The Hall–Kier alpha value is -3.07. The maximum absolute atomic E-state index is 11.4. The van der Waals surface area contributed by atoms with E-state index >= 15 is 0 Å². The Balaban J connectivity index is 1.53. The molecule has 174 valence electrons. The van der Waals surface area contributed by atoms with E-state index in [4.69, 9.17) is 27.9 Å². The van der Waals surface area contributed by atoms with Gasteiger partial charge in [0, 0.05) is 26.2 Å². The molecular formula is C24H20Cl2N4O3S. The van der Waals surface area contributed by atoms with Gasteiger partial charge in [0.25, 0.3) is 0 Å². The summed E-state index contributed by atoms with van der Waals surface area (Å²) in [7, 11) is 0. The normalized spacial score (nSPS) is 11.9. The van der Waals surface area contributed by atoms with Crippen LogP contribution in [-0.2, 0) is 6.61 Å². The number of thioether (sulfide) groups is 1. The molecule has 0 fully saturated rings. The number of hydrogen-bond acceptors (Lipinski definition) is 6. The molecule has 0 amide bonds. The molecule has 0 aliphatic carbocycles. The van der Waals surface area contributed by atoms with Gasteiger partial charge in [-0.25, -0.2) is 0 Å². The first kappa shape index (κ1) is 24.1. The highest BCUT2D eigenvalue weighted by molar-refractivity contribution is 7.99. The number of aromatic nitrogens is 3. The van der Waals surface area contributed by atoms with Crippen LogP contribution in [0, 0.1) is 17.0 Å². The molecule has 0 radical (unpaired) electrons. The van der Waals surface area contributed by atoms with Crippen molar-refractivity contribution >= 4 is 35.0 Å². The van der Waals surface area contributed by atoms with Crippen LogP contribution in [0.25, 0.3) is 5.69 Å². The zero-order valence-electron chi connectivity index (χ0n) is 18.1. The minimum atomic E-state index is -0.470. The third-order valence-electron chi connectivity index (χ3n) is 5.05. The number of halogens is 2. The van der Waals surface area contributed by atoms with E-state index in [-0.39, 0.29) is 11.5 Å². The molecule has 0 saturated carbocycles.